The van der Waals surface area contributed by atoms with Gasteiger partial charge in [0.1, 0.15) is 6.61 Å². The van der Waals surface area contributed by atoms with E-state index in [2.05, 4.69) is 42.7 Å². The predicted octanol–water partition coefficient (Wildman–Crippen LogP) is 8.56. The van der Waals surface area contributed by atoms with Gasteiger partial charge in [-0.1, -0.05) is 127 Å². The number of allylic oxidation sites excluding steroid dienone is 5. The number of aliphatic hydroxyl groups is 2. The molecule has 0 radical (unpaired) electrons. The number of carbonyl (C=O) groups excluding carboxylic acids is 2. The van der Waals surface area contributed by atoms with Crippen LogP contribution in [0.25, 0.3) is 0 Å². The van der Waals surface area contributed by atoms with Crippen molar-refractivity contribution in [1.29, 1.82) is 0 Å². The zero-order valence-electron chi connectivity index (χ0n) is 29.9. The smallest absolute Gasteiger partial charge is 0.462 e. The van der Waals surface area contributed by atoms with E-state index in [1.807, 2.05) is 12.2 Å². The Bertz CT molecular complexity index is 914. The van der Waals surface area contributed by atoms with Crippen molar-refractivity contribution in [3.8, 4) is 0 Å². The van der Waals surface area contributed by atoms with Crippen molar-refractivity contribution in [1.82, 2.24) is 0 Å². The molecule has 0 fully saturated rings. The molecule has 3 atom stereocenters. The molecule has 10 nitrogen and oxygen atoms in total. The van der Waals surface area contributed by atoms with E-state index in [0.717, 1.165) is 38.5 Å². The van der Waals surface area contributed by atoms with E-state index in [4.69, 9.17) is 19.3 Å². The van der Waals surface area contributed by atoms with Gasteiger partial charge in [-0.2, -0.15) is 0 Å². The van der Waals surface area contributed by atoms with Crippen molar-refractivity contribution < 1.29 is 48.2 Å². The van der Waals surface area contributed by atoms with Crippen LogP contribution in [0.1, 0.15) is 155 Å². The molecule has 11 heteroatoms. The third kappa shape index (κ3) is 32.7. The van der Waals surface area contributed by atoms with Gasteiger partial charge in [0.25, 0.3) is 0 Å². The first-order valence-electron chi connectivity index (χ1n) is 18.4. The Morgan fingerprint density at radius 1 is 0.625 bits per heavy atom. The van der Waals surface area contributed by atoms with Crippen molar-refractivity contribution in [3.63, 3.8) is 0 Å². The third-order valence-corrected chi connectivity index (χ3v) is 8.35. The third-order valence-electron chi connectivity index (χ3n) is 7.86. The van der Waals surface area contributed by atoms with Crippen molar-refractivity contribution in [3.05, 3.63) is 36.5 Å². The molecule has 0 aliphatic rings. The molecule has 2 unspecified atom stereocenters. The first kappa shape index (κ1) is 46.2. The maximum Gasteiger partial charge on any atom is 0.469 e. The van der Waals surface area contributed by atoms with Crippen molar-refractivity contribution in [2.45, 2.75) is 173 Å². The molecule has 0 rings (SSSR count). The van der Waals surface area contributed by atoms with E-state index < -0.39 is 44.7 Å². The second-order valence-corrected chi connectivity index (χ2v) is 13.8. The van der Waals surface area contributed by atoms with Crippen LogP contribution >= 0.6 is 7.82 Å². The lowest BCUT2D eigenvalue weighted by Gasteiger charge is -2.19. The standard InChI is InChI=1S/C37H67O10P/c1-3-5-7-9-11-13-15-17-18-20-22-24-27-34(38)35(39)28-26-30-37(41)47-33(32-46-48(42,43)44)31-45-36(40)29-25-23-21-19-16-14-12-10-8-6-4-2/h11,13,17-18,22,24,33-35,38-39H,3-10,12,14-16,19-21,23,25-32H2,1-2H3,(H2,42,43,44)/b13-11-,18-17-,24-22-/t33-,34?,35?/m1/s1. The summed E-state index contributed by atoms with van der Waals surface area (Å²) in [6, 6.07) is 0. The van der Waals surface area contributed by atoms with Crippen LogP contribution in [0.4, 0.5) is 0 Å². The highest BCUT2D eigenvalue weighted by Gasteiger charge is 2.23. The van der Waals surface area contributed by atoms with Gasteiger partial charge >= 0.3 is 19.8 Å². The zero-order valence-corrected chi connectivity index (χ0v) is 30.7. The molecule has 0 aromatic rings. The van der Waals surface area contributed by atoms with E-state index in [-0.39, 0.29) is 38.7 Å². The summed E-state index contributed by atoms with van der Waals surface area (Å²) in [6.07, 6.45) is 29.0. The number of esters is 2. The summed E-state index contributed by atoms with van der Waals surface area (Å²) in [6.45, 7) is 3.38. The fourth-order valence-corrected chi connectivity index (χ4v) is 5.31. The second kappa shape index (κ2) is 32.4. The van der Waals surface area contributed by atoms with Crippen LogP contribution in [0.5, 0.6) is 0 Å². The molecule has 0 aliphatic heterocycles. The molecule has 0 heterocycles. The second-order valence-electron chi connectivity index (χ2n) is 12.5. The molecule has 0 spiro atoms. The minimum absolute atomic E-state index is 0.101. The maximum atomic E-state index is 12.4. The molecular formula is C37H67O10P. The number of unbranched alkanes of at least 4 members (excludes halogenated alkanes) is 13. The fraction of sp³-hybridized carbons (Fsp3) is 0.784. The van der Waals surface area contributed by atoms with Gasteiger partial charge in [0.05, 0.1) is 18.8 Å². The summed E-state index contributed by atoms with van der Waals surface area (Å²) in [7, 11) is -4.83. The predicted molar refractivity (Wildman–Crippen MR) is 191 cm³/mol. The highest BCUT2D eigenvalue weighted by atomic mass is 31.2. The first-order valence-corrected chi connectivity index (χ1v) is 20.0. The van der Waals surface area contributed by atoms with Gasteiger partial charge in [-0.3, -0.25) is 14.1 Å². The lowest BCUT2D eigenvalue weighted by molar-refractivity contribution is -0.161. The van der Waals surface area contributed by atoms with Crippen LogP contribution in [0.3, 0.4) is 0 Å². The van der Waals surface area contributed by atoms with Gasteiger partial charge < -0.3 is 29.5 Å². The minimum atomic E-state index is -4.83. The highest BCUT2D eigenvalue weighted by molar-refractivity contribution is 7.46. The van der Waals surface area contributed by atoms with Crippen LogP contribution in [-0.2, 0) is 28.2 Å². The average Bonchev–Trinajstić information content (AvgIpc) is 3.04. The number of carbonyl (C=O) groups is 2. The summed E-state index contributed by atoms with van der Waals surface area (Å²) in [4.78, 5) is 42.7. The minimum Gasteiger partial charge on any atom is -0.462 e. The highest BCUT2D eigenvalue weighted by Crippen LogP contribution is 2.36. The molecule has 280 valence electrons. The van der Waals surface area contributed by atoms with Gasteiger partial charge in [-0.05, 0) is 51.4 Å². The monoisotopic (exact) mass is 702 g/mol. The van der Waals surface area contributed by atoms with Crippen molar-refractivity contribution >= 4 is 19.8 Å². The SMILES string of the molecule is CCCCC/C=C\C/C=C\C/C=C\CC(O)C(O)CCCC(=O)O[C@H](COC(=O)CCCCCCCCCCCCC)COP(=O)(O)O. The zero-order chi connectivity index (χ0) is 35.7. The van der Waals surface area contributed by atoms with Crippen LogP contribution in [0.2, 0.25) is 0 Å². The Balaban J connectivity index is 4.26. The van der Waals surface area contributed by atoms with E-state index in [1.54, 1.807) is 0 Å². The number of aliphatic hydroxyl groups excluding tert-OH is 2. The molecule has 48 heavy (non-hydrogen) atoms. The average molecular weight is 703 g/mol. The van der Waals surface area contributed by atoms with Gasteiger partial charge in [0.15, 0.2) is 6.10 Å². The number of ether oxygens (including phenoxy) is 2. The van der Waals surface area contributed by atoms with Crippen LogP contribution < -0.4 is 0 Å². The fourth-order valence-electron chi connectivity index (χ4n) is 4.95. The molecule has 0 aromatic carbocycles. The lowest BCUT2D eigenvalue weighted by atomic mass is 10.0. The first-order chi connectivity index (χ1) is 23.1. The molecule has 0 bridgehead atoms. The van der Waals surface area contributed by atoms with Gasteiger partial charge in [-0.15, -0.1) is 0 Å². The Hall–Kier alpha value is -1.81. The maximum absolute atomic E-state index is 12.4. The van der Waals surface area contributed by atoms with Crippen LogP contribution in [0, 0.1) is 0 Å². The Morgan fingerprint density at radius 3 is 1.75 bits per heavy atom. The topological polar surface area (TPSA) is 160 Å². The molecule has 0 saturated carbocycles. The molecule has 0 aromatic heterocycles. The van der Waals surface area contributed by atoms with Crippen molar-refractivity contribution in [2.24, 2.45) is 0 Å². The summed E-state index contributed by atoms with van der Waals surface area (Å²) in [5.74, 6) is -1.17. The number of hydrogen-bond donors (Lipinski definition) is 4. The quantitative estimate of drug-likeness (QED) is 0.0226. The number of rotatable bonds is 33. The van der Waals surface area contributed by atoms with E-state index in [0.29, 0.717) is 6.42 Å². The summed E-state index contributed by atoms with van der Waals surface area (Å²) >= 11 is 0. The van der Waals surface area contributed by atoms with Gasteiger partial charge in [-0.25, -0.2) is 4.57 Å². The van der Waals surface area contributed by atoms with Crippen LogP contribution in [-0.4, -0.2) is 63.5 Å². The number of phosphoric ester groups is 1. The molecule has 0 amide bonds. The summed E-state index contributed by atoms with van der Waals surface area (Å²) < 4.78 is 26.1. The summed E-state index contributed by atoms with van der Waals surface area (Å²) in [5, 5.41) is 20.5. The Labute approximate surface area is 290 Å². The lowest BCUT2D eigenvalue weighted by Crippen LogP contribution is -2.30. The molecule has 0 saturated heterocycles. The van der Waals surface area contributed by atoms with Crippen molar-refractivity contribution in [2.75, 3.05) is 13.2 Å². The van der Waals surface area contributed by atoms with Gasteiger partial charge in [0, 0.05) is 12.8 Å². The summed E-state index contributed by atoms with van der Waals surface area (Å²) in [5.41, 5.74) is 0. The van der Waals surface area contributed by atoms with E-state index in [1.165, 1.54) is 64.2 Å². The van der Waals surface area contributed by atoms with E-state index >= 15 is 0 Å². The molecule has 0 aliphatic carbocycles. The van der Waals surface area contributed by atoms with Crippen LogP contribution in [0.15, 0.2) is 36.5 Å². The van der Waals surface area contributed by atoms with E-state index in [9.17, 15) is 24.4 Å². The molecule has 4 N–H and O–H groups in total. The Morgan fingerprint density at radius 2 is 1.15 bits per heavy atom. The Kier molecular flexibility index (Phi) is 31.2. The number of phosphoric acid groups is 1. The number of hydrogen-bond acceptors (Lipinski definition) is 8. The van der Waals surface area contributed by atoms with Gasteiger partial charge in [0.2, 0.25) is 0 Å². The normalized spacial score (nSPS) is 14.2. The molecular weight excluding hydrogens is 635 g/mol. The largest absolute Gasteiger partial charge is 0.469 e.